The Kier molecular flexibility index (Phi) is 5.01. The van der Waals surface area contributed by atoms with Crippen molar-refractivity contribution in [2.24, 2.45) is 5.92 Å². The molecule has 2 bridgehead atoms. The van der Waals surface area contributed by atoms with Gasteiger partial charge >= 0.3 is 6.03 Å². The summed E-state index contributed by atoms with van der Waals surface area (Å²) >= 11 is 6.25. The minimum Gasteiger partial charge on any atom is -0.489 e. The third-order valence-corrected chi connectivity index (χ3v) is 6.71. The van der Waals surface area contributed by atoms with Gasteiger partial charge in [0.1, 0.15) is 5.75 Å². The Morgan fingerprint density at radius 3 is 2.87 bits per heavy atom. The summed E-state index contributed by atoms with van der Waals surface area (Å²) in [6.45, 7) is 0.554. The number of aromatic nitrogens is 1. The lowest BCUT2D eigenvalue weighted by molar-refractivity contribution is 0.120. The molecule has 1 aromatic heterocycles. The van der Waals surface area contributed by atoms with Crippen LogP contribution in [0.15, 0.2) is 24.4 Å². The third-order valence-electron chi connectivity index (χ3n) is 6.42. The largest absolute Gasteiger partial charge is 0.489 e. The van der Waals surface area contributed by atoms with Gasteiger partial charge < -0.3 is 15.0 Å². The molecule has 158 valence electrons. The van der Waals surface area contributed by atoms with Crippen LogP contribution in [-0.4, -0.2) is 34.6 Å². The van der Waals surface area contributed by atoms with Crippen molar-refractivity contribution in [1.82, 2.24) is 9.88 Å². The van der Waals surface area contributed by atoms with Crippen LogP contribution in [0.3, 0.4) is 0 Å². The zero-order valence-electron chi connectivity index (χ0n) is 16.3. The number of nitrogens with zero attached hydrogens (tertiary/aromatic N) is 2. The van der Waals surface area contributed by atoms with Gasteiger partial charge in [-0.15, -0.1) is 0 Å². The maximum atomic E-state index is 14.6. The smallest absolute Gasteiger partial charge is 0.322 e. The van der Waals surface area contributed by atoms with E-state index in [-0.39, 0.29) is 28.8 Å². The number of amides is 2. The van der Waals surface area contributed by atoms with Crippen LogP contribution >= 0.6 is 11.6 Å². The molecular formula is C22H22ClF2N3O2. The number of pyridine rings is 1. The number of urea groups is 1. The van der Waals surface area contributed by atoms with Crippen LogP contribution in [0, 0.1) is 17.7 Å². The number of halogens is 3. The van der Waals surface area contributed by atoms with Crippen LogP contribution in [0.25, 0.3) is 0 Å². The first-order chi connectivity index (χ1) is 14.5. The molecule has 5 rings (SSSR count). The molecule has 0 radical (unpaired) electrons. The van der Waals surface area contributed by atoms with Crippen molar-refractivity contribution in [2.75, 3.05) is 11.9 Å². The van der Waals surface area contributed by atoms with Gasteiger partial charge in [-0.05, 0) is 62.1 Å². The second kappa shape index (κ2) is 7.69. The van der Waals surface area contributed by atoms with E-state index in [4.69, 9.17) is 16.3 Å². The summed E-state index contributed by atoms with van der Waals surface area (Å²) in [6.07, 6.45) is 6.45. The molecule has 0 spiro atoms. The van der Waals surface area contributed by atoms with Crippen molar-refractivity contribution in [3.63, 3.8) is 0 Å². The molecule has 1 aliphatic heterocycles. The number of nitrogens with one attached hydrogen (secondary N) is 1. The first kappa shape index (κ1) is 19.5. The molecule has 1 N–H and O–H groups in total. The minimum atomic E-state index is -0.595. The summed E-state index contributed by atoms with van der Waals surface area (Å²) in [5.41, 5.74) is 1.56. The average molecular weight is 434 g/mol. The van der Waals surface area contributed by atoms with E-state index in [1.165, 1.54) is 18.3 Å². The Hall–Kier alpha value is -2.41. The van der Waals surface area contributed by atoms with Gasteiger partial charge in [-0.3, -0.25) is 0 Å². The molecular weight excluding hydrogens is 412 g/mol. The van der Waals surface area contributed by atoms with E-state index in [1.54, 1.807) is 4.90 Å². The lowest BCUT2D eigenvalue weighted by Gasteiger charge is -2.28. The van der Waals surface area contributed by atoms with Crippen molar-refractivity contribution in [2.45, 2.75) is 50.7 Å². The van der Waals surface area contributed by atoms with Gasteiger partial charge in [-0.1, -0.05) is 11.6 Å². The fraction of sp³-hybridized carbons (Fsp3) is 0.455. The van der Waals surface area contributed by atoms with Gasteiger partial charge in [0.15, 0.2) is 5.82 Å². The molecule has 2 amide bonds. The molecule has 2 heterocycles. The number of anilines is 1. The fourth-order valence-electron chi connectivity index (χ4n) is 4.63. The first-order valence-electron chi connectivity index (χ1n) is 10.3. The third kappa shape index (κ3) is 3.60. The normalized spacial score (nSPS) is 22.8. The quantitative estimate of drug-likeness (QED) is 0.695. The number of likely N-dealkylation sites (tertiary alicyclic amines) is 1. The number of rotatable bonds is 3. The van der Waals surface area contributed by atoms with E-state index in [2.05, 4.69) is 10.3 Å². The van der Waals surface area contributed by atoms with E-state index in [0.717, 1.165) is 31.2 Å². The second-order valence-electron chi connectivity index (χ2n) is 8.42. The highest BCUT2D eigenvalue weighted by Crippen LogP contribution is 2.37. The Labute approximate surface area is 178 Å². The molecule has 2 aliphatic carbocycles. The Morgan fingerprint density at radius 2 is 2.10 bits per heavy atom. The Bertz CT molecular complexity index is 999. The number of carbonyl (C=O) groups is 1. The lowest BCUT2D eigenvalue weighted by Crippen LogP contribution is -2.41. The summed E-state index contributed by atoms with van der Waals surface area (Å²) in [5.74, 6) is -0.525. The number of benzene rings is 1. The number of carbonyl (C=O) groups excluding carboxylic acids is 1. The van der Waals surface area contributed by atoms with Crippen LogP contribution in [0.2, 0.25) is 5.02 Å². The van der Waals surface area contributed by atoms with Crippen LogP contribution in [0.5, 0.6) is 5.75 Å². The zero-order chi connectivity index (χ0) is 20.8. The molecule has 8 heteroatoms. The molecule has 30 heavy (non-hydrogen) atoms. The van der Waals surface area contributed by atoms with Gasteiger partial charge in [0.2, 0.25) is 5.95 Å². The zero-order valence-corrected chi connectivity index (χ0v) is 17.1. The minimum absolute atomic E-state index is 0.0125. The number of ether oxygens (including phenoxy) is 1. The van der Waals surface area contributed by atoms with Crippen LogP contribution in [0.1, 0.15) is 36.8 Å². The molecule has 5 nitrogen and oxygen atoms in total. The van der Waals surface area contributed by atoms with E-state index >= 15 is 0 Å². The van der Waals surface area contributed by atoms with Gasteiger partial charge in [0, 0.05) is 30.4 Å². The maximum Gasteiger partial charge on any atom is 0.322 e. The summed E-state index contributed by atoms with van der Waals surface area (Å²) in [4.78, 5) is 18.3. The Morgan fingerprint density at radius 1 is 1.27 bits per heavy atom. The summed E-state index contributed by atoms with van der Waals surface area (Å²) in [7, 11) is 0. The van der Waals surface area contributed by atoms with Crippen molar-refractivity contribution in [3.05, 3.63) is 52.3 Å². The molecule has 2 fully saturated rings. The predicted octanol–water partition coefficient (Wildman–Crippen LogP) is 4.97. The molecule has 2 atom stereocenters. The van der Waals surface area contributed by atoms with Crippen molar-refractivity contribution in [1.29, 1.82) is 0 Å². The van der Waals surface area contributed by atoms with Crippen molar-refractivity contribution < 1.29 is 18.3 Å². The first-order valence-corrected chi connectivity index (χ1v) is 10.7. The fourth-order valence-corrected chi connectivity index (χ4v) is 4.84. The topological polar surface area (TPSA) is 54.5 Å². The molecule has 1 saturated heterocycles. The second-order valence-corrected chi connectivity index (χ2v) is 8.83. The number of fused-ring (bicyclic) bond motifs is 3. The number of hydrogen-bond acceptors (Lipinski definition) is 3. The molecule has 1 aromatic carbocycles. The standard InChI is InChI=1S/C22H22ClF2N3O2/c23-17-9-19(18(24)10-20(17)30-15-2-1-3-15)27-22(29)28-11-12-6-13-4-5-26-21(25)16(13)8-14(28)7-12/h4-5,9-10,12,14-15H,1-3,6-8,11H2,(H,27,29)/t12?,14-/m0/s1. The lowest BCUT2D eigenvalue weighted by atomic mass is 9.96. The SMILES string of the molecule is O=C(Nc1cc(Cl)c(OC2CCC2)cc1F)N1CC2Cc3ccnc(F)c3C[C@@H]1C2. The Balaban J connectivity index is 1.31. The van der Waals surface area contributed by atoms with Crippen molar-refractivity contribution in [3.8, 4) is 5.75 Å². The van der Waals surface area contributed by atoms with Crippen molar-refractivity contribution >= 4 is 23.3 Å². The molecule has 1 unspecified atom stereocenters. The van der Waals surface area contributed by atoms with Gasteiger partial charge in [0.05, 0.1) is 16.8 Å². The average Bonchev–Trinajstić information content (AvgIpc) is 2.95. The highest BCUT2D eigenvalue weighted by Gasteiger charge is 2.39. The van der Waals surface area contributed by atoms with E-state index < -0.39 is 17.8 Å². The monoisotopic (exact) mass is 433 g/mol. The number of hydrogen-bond donors (Lipinski definition) is 1. The van der Waals surface area contributed by atoms with Crippen LogP contribution in [-0.2, 0) is 12.8 Å². The maximum absolute atomic E-state index is 14.6. The van der Waals surface area contributed by atoms with E-state index in [1.807, 2.05) is 6.07 Å². The predicted molar refractivity (Wildman–Crippen MR) is 109 cm³/mol. The van der Waals surface area contributed by atoms with Gasteiger partial charge in [-0.25, -0.2) is 14.2 Å². The van der Waals surface area contributed by atoms with Gasteiger partial charge in [-0.2, -0.15) is 4.39 Å². The van der Waals surface area contributed by atoms with Crippen LogP contribution in [0.4, 0.5) is 19.3 Å². The summed E-state index contributed by atoms with van der Waals surface area (Å²) in [5, 5.41) is 2.90. The highest BCUT2D eigenvalue weighted by molar-refractivity contribution is 6.32. The highest BCUT2D eigenvalue weighted by atomic mass is 35.5. The molecule has 3 aliphatic rings. The summed E-state index contributed by atoms with van der Waals surface area (Å²) in [6, 6.07) is 3.91. The van der Waals surface area contributed by atoms with Crippen LogP contribution < -0.4 is 10.1 Å². The summed E-state index contributed by atoms with van der Waals surface area (Å²) < 4.78 is 34.5. The van der Waals surface area contributed by atoms with Gasteiger partial charge in [0.25, 0.3) is 0 Å². The van der Waals surface area contributed by atoms with E-state index in [0.29, 0.717) is 30.7 Å². The molecule has 1 saturated carbocycles. The molecule has 2 aromatic rings. The van der Waals surface area contributed by atoms with E-state index in [9.17, 15) is 13.6 Å².